The van der Waals surface area contributed by atoms with Crippen molar-refractivity contribution in [3.05, 3.63) is 11.7 Å². The van der Waals surface area contributed by atoms with Gasteiger partial charge in [-0.25, -0.2) is 0 Å². The summed E-state index contributed by atoms with van der Waals surface area (Å²) in [6.45, 7) is 7.40. The fraction of sp³-hybridized carbons (Fsp3) is 0.846. The van der Waals surface area contributed by atoms with Crippen molar-refractivity contribution in [2.24, 2.45) is 5.92 Å². The second-order valence-corrected chi connectivity index (χ2v) is 5.81. The third-order valence-corrected chi connectivity index (χ3v) is 3.97. The number of hydrogen-bond acceptors (Lipinski definition) is 5. The van der Waals surface area contributed by atoms with E-state index >= 15 is 0 Å². The minimum atomic E-state index is 0.0311. The minimum Gasteiger partial charge on any atom is -0.339 e. The van der Waals surface area contributed by atoms with Gasteiger partial charge in [0.1, 0.15) is 0 Å². The Balaban J connectivity index is 2.12. The van der Waals surface area contributed by atoms with E-state index in [9.17, 15) is 0 Å². The molecule has 18 heavy (non-hydrogen) atoms. The molecule has 1 fully saturated rings. The molecular formula is C13H24N4O. The molecule has 102 valence electrons. The van der Waals surface area contributed by atoms with Crippen LogP contribution in [0, 0.1) is 5.92 Å². The monoisotopic (exact) mass is 252 g/mol. The zero-order chi connectivity index (χ0) is 13.2. The zero-order valence-electron chi connectivity index (χ0n) is 11.9. The van der Waals surface area contributed by atoms with Gasteiger partial charge in [0.15, 0.2) is 5.82 Å². The lowest BCUT2D eigenvalue weighted by Crippen LogP contribution is -2.35. The van der Waals surface area contributed by atoms with Gasteiger partial charge in [-0.05, 0) is 33.0 Å². The molecular weight excluding hydrogens is 228 g/mol. The number of nitrogens with zero attached hydrogens (tertiary/aromatic N) is 3. The van der Waals surface area contributed by atoms with Gasteiger partial charge in [-0.1, -0.05) is 19.0 Å². The SMILES string of the molecule is CC(C)C1(c2nc(CCN(C)C)no2)CCNC1. The summed E-state index contributed by atoms with van der Waals surface area (Å²) in [5.74, 6) is 2.15. The lowest BCUT2D eigenvalue weighted by atomic mass is 9.76. The molecule has 0 spiro atoms. The summed E-state index contributed by atoms with van der Waals surface area (Å²) in [4.78, 5) is 6.74. The molecule has 1 N–H and O–H groups in total. The highest BCUT2D eigenvalue weighted by Crippen LogP contribution is 2.36. The second kappa shape index (κ2) is 5.36. The Morgan fingerprint density at radius 1 is 1.44 bits per heavy atom. The van der Waals surface area contributed by atoms with Crippen molar-refractivity contribution in [1.82, 2.24) is 20.4 Å². The van der Waals surface area contributed by atoms with Crippen molar-refractivity contribution in [2.75, 3.05) is 33.7 Å². The number of aromatic nitrogens is 2. The van der Waals surface area contributed by atoms with E-state index in [1.807, 2.05) is 0 Å². The summed E-state index contributed by atoms with van der Waals surface area (Å²) >= 11 is 0. The van der Waals surface area contributed by atoms with Gasteiger partial charge in [0.2, 0.25) is 5.89 Å². The van der Waals surface area contributed by atoms with E-state index in [1.54, 1.807) is 0 Å². The highest BCUT2D eigenvalue weighted by molar-refractivity contribution is 5.11. The molecule has 1 saturated heterocycles. The molecule has 0 saturated carbocycles. The van der Waals surface area contributed by atoms with Gasteiger partial charge in [-0.15, -0.1) is 0 Å². The van der Waals surface area contributed by atoms with E-state index in [-0.39, 0.29) is 5.41 Å². The van der Waals surface area contributed by atoms with Crippen LogP contribution in [0.4, 0.5) is 0 Å². The van der Waals surface area contributed by atoms with Crippen molar-refractivity contribution >= 4 is 0 Å². The molecule has 2 rings (SSSR count). The van der Waals surface area contributed by atoms with Crippen molar-refractivity contribution in [3.63, 3.8) is 0 Å². The predicted octanol–water partition coefficient (Wildman–Crippen LogP) is 1.06. The normalized spacial score (nSPS) is 24.3. The van der Waals surface area contributed by atoms with Crippen molar-refractivity contribution < 1.29 is 4.52 Å². The van der Waals surface area contributed by atoms with Crippen molar-refractivity contribution in [3.8, 4) is 0 Å². The molecule has 1 aromatic heterocycles. The largest absolute Gasteiger partial charge is 0.339 e. The summed E-state index contributed by atoms with van der Waals surface area (Å²) in [7, 11) is 4.11. The van der Waals surface area contributed by atoms with Crippen LogP contribution in [0.1, 0.15) is 32.0 Å². The molecule has 2 heterocycles. The average molecular weight is 252 g/mol. The highest BCUT2D eigenvalue weighted by atomic mass is 16.5. The molecule has 1 aromatic rings. The molecule has 1 aliphatic heterocycles. The minimum absolute atomic E-state index is 0.0311. The maximum atomic E-state index is 5.53. The molecule has 0 radical (unpaired) electrons. The van der Waals surface area contributed by atoms with Gasteiger partial charge < -0.3 is 14.7 Å². The zero-order valence-corrected chi connectivity index (χ0v) is 11.9. The fourth-order valence-electron chi connectivity index (χ4n) is 2.51. The topological polar surface area (TPSA) is 54.2 Å². The van der Waals surface area contributed by atoms with Crippen LogP contribution in [0.25, 0.3) is 0 Å². The first-order chi connectivity index (χ1) is 8.54. The summed E-state index contributed by atoms with van der Waals surface area (Å²) in [6.07, 6.45) is 1.93. The standard InChI is InChI=1S/C13H24N4O/c1-10(2)13(6-7-14-9-13)12-15-11(16-18-12)5-8-17(3)4/h10,14H,5-9H2,1-4H3. The van der Waals surface area contributed by atoms with Crippen LogP contribution in [0.3, 0.4) is 0 Å². The summed E-state index contributed by atoms with van der Waals surface area (Å²) in [5, 5.41) is 7.54. The van der Waals surface area contributed by atoms with E-state index in [4.69, 9.17) is 4.52 Å². The quantitative estimate of drug-likeness (QED) is 0.849. The number of likely N-dealkylation sites (N-methyl/N-ethyl adjacent to an activating group) is 1. The molecule has 1 unspecified atom stereocenters. The van der Waals surface area contributed by atoms with Gasteiger partial charge in [0.05, 0.1) is 5.41 Å². The lowest BCUT2D eigenvalue weighted by Gasteiger charge is -2.28. The van der Waals surface area contributed by atoms with Crippen LogP contribution >= 0.6 is 0 Å². The van der Waals surface area contributed by atoms with Gasteiger partial charge in [-0.3, -0.25) is 0 Å². The van der Waals surface area contributed by atoms with Crippen molar-refractivity contribution in [2.45, 2.75) is 32.1 Å². The summed E-state index contributed by atoms with van der Waals surface area (Å²) in [5.41, 5.74) is 0.0311. The number of rotatable bonds is 5. The van der Waals surface area contributed by atoms with E-state index in [2.05, 4.69) is 48.3 Å². The van der Waals surface area contributed by atoms with Gasteiger partial charge >= 0.3 is 0 Å². The van der Waals surface area contributed by atoms with Crippen LogP contribution in [0.5, 0.6) is 0 Å². The number of hydrogen-bond donors (Lipinski definition) is 1. The Labute approximate surface area is 109 Å². The first kappa shape index (κ1) is 13.5. The maximum Gasteiger partial charge on any atom is 0.234 e. The molecule has 1 aliphatic rings. The smallest absolute Gasteiger partial charge is 0.234 e. The first-order valence-corrected chi connectivity index (χ1v) is 6.73. The molecule has 0 aromatic carbocycles. The van der Waals surface area contributed by atoms with E-state index in [0.717, 1.165) is 44.2 Å². The van der Waals surface area contributed by atoms with Crippen LogP contribution in [0.2, 0.25) is 0 Å². The Morgan fingerprint density at radius 2 is 2.22 bits per heavy atom. The highest BCUT2D eigenvalue weighted by Gasteiger charge is 2.43. The number of nitrogens with one attached hydrogen (secondary N) is 1. The van der Waals surface area contributed by atoms with Crippen molar-refractivity contribution in [1.29, 1.82) is 0 Å². The Kier molecular flexibility index (Phi) is 4.02. The molecule has 1 atom stereocenters. The van der Waals surface area contributed by atoms with Crippen LogP contribution in [-0.2, 0) is 11.8 Å². The van der Waals surface area contributed by atoms with E-state index in [1.165, 1.54) is 0 Å². The first-order valence-electron chi connectivity index (χ1n) is 6.73. The van der Waals surface area contributed by atoms with Gasteiger partial charge in [0.25, 0.3) is 0 Å². The van der Waals surface area contributed by atoms with Crippen LogP contribution in [-0.4, -0.2) is 48.8 Å². The molecule has 5 heteroatoms. The third-order valence-electron chi connectivity index (χ3n) is 3.97. The maximum absolute atomic E-state index is 5.53. The van der Waals surface area contributed by atoms with E-state index in [0.29, 0.717) is 5.92 Å². The van der Waals surface area contributed by atoms with Crippen LogP contribution in [0.15, 0.2) is 4.52 Å². The molecule has 0 bridgehead atoms. The molecule has 0 amide bonds. The fourth-order valence-corrected chi connectivity index (χ4v) is 2.51. The summed E-state index contributed by atoms with van der Waals surface area (Å²) in [6, 6.07) is 0. The second-order valence-electron chi connectivity index (χ2n) is 5.81. The van der Waals surface area contributed by atoms with E-state index < -0.39 is 0 Å². The Bertz CT molecular complexity index is 380. The molecule has 5 nitrogen and oxygen atoms in total. The third kappa shape index (κ3) is 2.57. The average Bonchev–Trinajstić information content (AvgIpc) is 2.96. The predicted molar refractivity (Wildman–Crippen MR) is 70.6 cm³/mol. The van der Waals surface area contributed by atoms with Gasteiger partial charge in [-0.2, -0.15) is 4.98 Å². The molecule has 0 aliphatic carbocycles. The Morgan fingerprint density at radius 3 is 2.78 bits per heavy atom. The van der Waals surface area contributed by atoms with Gasteiger partial charge in [0, 0.05) is 19.5 Å². The Hall–Kier alpha value is -0.940. The van der Waals surface area contributed by atoms with Crippen LogP contribution < -0.4 is 5.32 Å². The lowest BCUT2D eigenvalue weighted by molar-refractivity contribution is 0.234. The summed E-state index contributed by atoms with van der Waals surface area (Å²) < 4.78 is 5.53.